The molecule has 1 fully saturated rings. The van der Waals surface area contributed by atoms with Gasteiger partial charge in [0.05, 0.1) is 6.04 Å². The number of nitrogens with zero attached hydrogens (tertiary/aromatic N) is 1. The molecule has 1 aliphatic rings. The van der Waals surface area contributed by atoms with Gasteiger partial charge in [0.2, 0.25) is 5.91 Å². The number of amides is 3. The van der Waals surface area contributed by atoms with Crippen LogP contribution in [0.15, 0.2) is 0 Å². The highest BCUT2D eigenvalue weighted by atomic mass is 16.2. The number of nitrogens with one attached hydrogen (secondary N) is 2. The third-order valence-corrected chi connectivity index (χ3v) is 2.65. The van der Waals surface area contributed by atoms with E-state index in [1.807, 2.05) is 4.90 Å². The van der Waals surface area contributed by atoms with Crippen LogP contribution in [0.2, 0.25) is 0 Å². The number of hydrogen-bond acceptors (Lipinski definition) is 4. The van der Waals surface area contributed by atoms with Crippen molar-refractivity contribution in [3.05, 3.63) is 0 Å². The van der Waals surface area contributed by atoms with Crippen LogP contribution in [0, 0.1) is 0 Å². The van der Waals surface area contributed by atoms with E-state index in [0.29, 0.717) is 6.54 Å². The maximum Gasteiger partial charge on any atom is 0.321 e. The number of nitrogens with two attached hydrogens (primary N) is 1. The standard InChI is InChI=1S/C9H18N4O2/c1-6(8(14)12-9(15)11-2)13-4-3-7(10)5-13/h6-7H,3-5,10H2,1-2H3,(H2,11,12,14,15)/t6?,7-/m1/s1. The van der Waals surface area contributed by atoms with Gasteiger partial charge in [-0.3, -0.25) is 15.0 Å². The van der Waals surface area contributed by atoms with Crippen LogP contribution in [0.5, 0.6) is 0 Å². The molecular formula is C9H18N4O2. The lowest BCUT2D eigenvalue weighted by molar-refractivity contribution is -0.124. The smallest absolute Gasteiger partial charge is 0.321 e. The molecule has 0 radical (unpaired) electrons. The van der Waals surface area contributed by atoms with Crippen molar-refractivity contribution in [1.29, 1.82) is 0 Å². The number of rotatable bonds is 2. The van der Waals surface area contributed by atoms with Crippen molar-refractivity contribution in [3.63, 3.8) is 0 Å². The lowest BCUT2D eigenvalue weighted by Gasteiger charge is -2.22. The molecule has 1 heterocycles. The second-order valence-electron chi connectivity index (χ2n) is 3.79. The highest BCUT2D eigenvalue weighted by molar-refractivity contribution is 5.96. The minimum atomic E-state index is -0.477. The molecule has 1 aliphatic heterocycles. The third kappa shape index (κ3) is 3.17. The Morgan fingerprint density at radius 3 is 2.67 bits per heavy atom. The number of carbonyl (C=O) groups is 2. The van der Waals surface area contributed by atoms with Gasteiger partial charge >= 0.3 is 6.03 Å². The Morgan fingerprint density at radius 2 is 2.20 bits per heavy atom. The summed E-state index contributed by atoms with van der Waals surface area (Å²) in [5, 5.41) is 4.59. The molecule has 0 aromatic carbocycles. The van der Waals surface area contributed by atoms with E-state index in [9.17, 15) is 9.59 Å². The van der Waals surface area contributed by atoms with Crippen LogP contribution in [-0.2, 0) is 4.79 Å². The molecule has 3 amide bonds. The van der Waals surface area contributed by atoms with E-state index in [4.69, 9.17) is 5.73 Å². The van der Waals surface area contributed by atoms with Crippen LogP contribution < -0.4 is 16.4 Å². The van der Waals surface area contributed by atoms with Gasteiger partial charge in [-0.1, -0.05) is 0 Å². The Balaban J connectivity index is 2.42. The van der Waals surface area contributed by atoms with Gasteiger partial charge in [-0.15, -0.1) is 0 Å². The average molecular weight is 214 g/mol. The quantitative estimate of drug-likeness (QED) is 0.542. The molecule has 0 aromatic heterocycles. The van der Waals surface area contributed by atoms with Crippen molar-refractivity contribution >= 4 is 11.9 Å². The van der Waals surface area contributed by atoms with Crippen LogP contribution >= 0.6 is 0 Å². The van der Waals surface area contributed by atoms with Crippen LogP contribution in [0.4, 0.5) is 4.79 Å². The van der Waals surface area contributed by atoms with Crippen LogP contribution in [0.25, 0.3) is 0 Å². The zero-order valence-corrected chi connectivity index (χ0v) is 9.12. The Kier molecular flexibility index (Phi) is 4.05. The van der Waals surface area contributed by atoms with E-state index < -0.39 is 6.03 Å². The second kappa shape index (κ2) is 5.09. The normalized spacial score (nSPS) is 23.5. The minimum absolute atomic E-state index is 0.139. The Morgan fingerprint density at radius 1 is 1.53 bits per heavy atom. The first-order chi connectivity index (χ1) is 7.04. The largest absolute Gasteiger partial charge is 0.341 e. The molecule has 6 nitrogen and oxygen atoms in total. The van der Waals surface area contributed by atoms with E-state index in [1.165, 1.54) is 7.05 Å². The number of likely N-dealkylation sites (tertiary alicyclic amines) is 1. The summed E-state index contributed by atoms with van der Waals surface area (Å²) in [5.41, 5.74) is 5.74. The fourth-order valence-electron chi connectivity index (χ4n) is 1.61. The molecular weight excluding hydrogens is 196 g/mol. The van der Waals surface area contributed by atoms with Gasteiger partial charge in [-0.25, -0.2) is 4.79 Å². The highest BCUT2D eigenvalue weighted by Crippen LogP contribution is 2.10. The molecule has 0 saturated carbocycles. The Bertz CT molecular complexity index is 256. The lowest BCUT2D eigenvalue weighted by atomic mass is 10.3. The SMILES string of the molecule is CNC(=O)NC(=O)C(C)N1CC[C@@H](N)C1. The molecule has 1 unspecified atom stereocenters. The molecule has 0 aromatic rings. The number of imide groups is 1. The van der Waals surface area contributed by atoms with E-state index in [2.05, 4.69) is 10.6 Å². The van der Waals surface area contributed by atoms with E-state index in [-0.39, 0.29) is 18.0 Å². The Labute approximate surface area is 89.2 Å². The first-order valence-corrected chi connectivity index (χ1v) is 5.06. The highest BCUT2D eigenvalue weighted by Gasteiger charge is 2.28. The topological polar surface area (TPSA) is 87.5 Å². The molecule has 6 heteroatoms. The monoisotopic (exact) mass is 214 g/mol. The molecule has 1 rings (SSSR count). The lowest BCUT2D eigenvalue weighted by Crippen LogP contribution is -2.48. The van der Waals surface area contributed by atoms with Gasteiger partial charge in [0.25, 0.3) is 0 Å². The zero-order valence-electron chi connectivity index (χ0n) is 9.12. The summed E-state index contributed by atoms with van der Waals surface area (Å²) in [5.74, 6) is -0.288. The molecule has 4 N–H and O–H groups in total. The summed E-state index contributed by atoms with van der Waals surface area (Å²) < 4.78 is 0. The van der Waals surface area contributed by atoms with Gasteiger partial charge in [0.1, 0.15) is 0 Å². The van der Waals surface area contributed by atoms with Gasteiger partial charge in [0, 0.05) is 26.2 Å². The first kappa shape index (κ1) is 11.9. The van der Waals surface area contributed by atoms with E-state index in [1.54, 1.807) is 6.92 Å². The van der Waals surface area contributed by atoms with Crippen molar-refractivity contribution in [2.45, 2.75) is 25.4 Å². The number of urea groups is 1. The van der Waals surface area contributed by atoms with Crippen LogP contribution in [-0.4, -0.2) is 49.1 Å². The zero-order chi connectivity index (χ0) is 11.4. The fourth-order valence-corrected chi connectivity index (χ4v) is 1.61. The molecule has 0 bridgehead atoms. The van der Waals surface area contributed by atoms with Crippen LogP contribution in [0.3, 0.4) is 0 Å². The summed E-state index contributed by atoms with van der Waals surface area (Å²) in [6, 6.07) is -0.647. The van der Waals surface area contributed by atoms with Crippen molar-refractivity contribution in [3.8, 4) is 0 Å². The average Bonchev–Trinajstić information content (AvgIpc) is 2.63. The molecule has 0 aliphatic carbocycles. The van der Waals surface area contributed by atoms with E-state index in [0.717, 1.165) is 13.0 Å². The van der Waals surface area contributed by atoms with Gasteiger partial charge in [-0.05, 0) is 13.3 Å². The Hall–Kier alpha value is -1.14. The summed E-state index contributed by atoms with van der Waals surface area (Å²) in [6.07, 6.45) is 0.900. The fraction of sp³-hybridized carbons (Fsp3) is 0.778. The molecule has 1 saturated heterocycles. The number of carbonyl (C=O) groups excluding carboxylic acids is 2. The van der Waals surface area contributed by atoms with Gasteiger partial charge < -0.3 is 11.1 Å². The van der Waals surface area contributed by atoms with E-state index >= 15 is 0 Å². The maximum atomic E-state index is 11.6. The van der Waals surface area contributed by atoms with Crippen molar-refractivity contribution in [2.75, 3.05) is 20.1 Å². The third-order valence-electron chi connectivity index (χ3n) is 2.65. The van der Waals surface area contributed by atoms with Crippen molar-refractivity contribution in [1.82, 2.24) is 15.5 Å². The predicted octanol–water partition coefficient (Wildman–Crippen LogP) is -1.14. The summed E-state index contributed by atoms with van der Waals surface area (Å²) >= 11 is 0. The predicted molar refractivity (Wildman–Crippen MR) is 56.2 cm³/mol. The molecule has 2 atom stereocenters. The summed E-state index contributed by atoms with van der Waals surface area (Å²) in [7, 11) is 1.47. The summed E-state index contributed by atoms with van der Waals surface area (Å²) in [4.78, 5) is 24.4. The maximum absolute atomic E-state index is 11.6. The molecule has 15 heavy (non-hydrogen) atoms. The first-order valence-electron chi connectivity index (χ1n) is 5.06. The second-order valence-corrected chi connectivity index (χ2v) is 3.79. The van der Waals surface area contributed by atoms with Gasteiger partial charge in [-0.2, -0.15) is 0 Å². The van der Waals surface area contributed by atoms with Crippen LogP contribution in [0.1, 0.15) is 13.3 Å². The van der Waals surface area contributed by atoms with Gasteiger partial charge in [0.15, 0.2) is 0 Å². The minimum Gasteiger partial charge on any atom is -0.341 e. The van der Waals surface area contributed by atoms with Crippen molar-refractivity contribution in [2.24, 2.45) is 5.73 Å². The van der Waals surface area contributed by atoms with Crippen molar-refractivity contribution < 1.29 is 9.59 Å². The summed E-state index contributed by atoms with van der Waals surface area (Å²) in [6.45, 7) is 3.29. The molecule has 86 valence electrons. The molecule has 0 spiro atoms. The number of hydrogen-bond donors (Lipinski definition) is 3.